The molecule has 0 saturated carbocycles. The van der Waals surface area contributed by atoms with Gasteiger partial charge in [0, 0.05) is 6.08 Å². The van der Waals surface area contributed by atoms with Gasteiger partial charge in [0.25, 0.3) is 0 Å². The van der Waals surface area contributed by atoms with Crippen LogP contribution in [-0.2, 0) is 0 Å². The van der Waals surface area contributed by atoms with Crippen molar-refractivity contribution in [2.24, 2.45) is 0 Å². The SMILES string of the molecule is C=CC=CC(C=CC#N)=CC=CCO. The fourth-order valence-electron chi connectivity index (χ4n) is 0.719. The lowest BCUT2D eigenvalue weighted by molar-refractivity contribution is 0.343. The van der Waals surface area contributed by atoms with Gasteiger partial charge in [0.1, 0.15) is 0 Å². The normalized spacial score (nSPS) is 12.7. The van der Waals surface area contributed by atoms with Crippen molar-refractivity contribution in [1.29, 1.82) is 5.26 Å². The molecule has 0 spiro atoms. The molecule has 0 fully saturated rings. The summed E-state index contributed by atoms with van der Waals surface area (Å²) in [6.07, 6.45) is 13.5. The highest BCUT2D eigenvalue weighted by atomic mass is 16.2. The van der Waals surface area contributed by atoms with Crippen LogP contribution in [0, 0.1) is 11.3 Å². The molecule has 0 aromatic carbocycles. The molecule has 0 atom stereocenters. The van der Waals surface area contributed by atoms with Crippen LogP contribution in [0.1, 0.15) is 0 Å². The number of nitriles is 1. The number of rotatable bonds is 5. The van der Waals surface area contributed by atoms with Gasteiger partial charge in [0.05, 0.1) is 12.7 Å². The maximum absolute atomic E-state index is 8.51. The predicted molar refractivity (Wildman–Crippen MR) is 58.4 cm³/mol. The van der Waals surface area contributed by atoms with Gasteiger partial charge in [-0.25, -0.2) is 0 Å². The molecule has 0 saturated heterocycles. The molecule has 0 rings (SSSR count). The topological polar surface area (TPSA) is 44.0 Å². The zero-order valence-corrected chi connectivity index (χ0v) is 7.93. The number of aliphatic hydroxyl groups is 1. The van der Waals surface area contributed by atoms with E-state index in [1.54, 1.807) is 36.5 Å². The van der Waals surface area contributed by atoms with E-state index in [9.17, 15) is 0 Å². The third-order valence-corrected chi connectivity index (χ3v) is 1.31. The molecule has 0 aromatic heterocycles. The molecule has 0 amide bonds. The van der Waals surface area contributed by atoms with Gasteiger partial charge in [0.2, 0.25) is 0 Å². The molecule has 14 heavy (non-hydrogen) atoms. The van der Waals surface area contributed by atoms with Gasteiger partial charge in [-0.2, -0.15) is 5.26 Å². The van der Waals surface area contributed by atoms with Gasteiger partial charge in [0.15, 0.2) is 0 Å². The summed E-state index contributed by atoms with van der Waals surface area (Å²) in [6.45, 7) is 3.56. The first-order valence-electron chi connectivity index (χ1n) is 4.18. The first-order valence-corrected chi connectivity index (χ1v) is 4.18. The summed E-state index contributed by atoms with van der Waals surface area (Å²) in [4.78, 5) is 0. The molecule has 0 unspecified atom stereocenters. The van der Waals surface area contributed by atoms with Gasteiger partial charge < -0.3 is 5.11 Å². The predicted octanol–water partition coefficient (Wildman–Crippen LogP) is 2.28. The number of allylic oxidation sites excluding steroid dienone is 8. The Hall–Kier alpha value is -1.85. The molecule has 0 aliphatic rings. The summed E-state index contributed by atoms with van der Waals surface area (Å²) >= 11 is 0. The van der Waals surface area contributed by atoms with E-state index in [1.165, 1.54) is 6.08 Å². The third kappa shape index (κ3) is 6.84. The molecule has 2 nitrogen and oxygen atoms in total. The summed E-state index contributed by atoms with van der Waals surface area (Å²) in [5.74, 6) is 0. The second-order valence-electron chi connectivity index (χ2n) is 2.33. The van der Waals surface area contributed by atoms with E-state index in [0.717, 1.165) is 5.57 Å². The fourth-order valence-corrected chi connectivity index (χ4v) is 0.719. The van der Waals surface area contributed by atoms with E-state index in [4.69, 9.17) is 10.4 Å². The average molecular weight is 187 g/mol. The molecule has 0 heterocycles. The van der Waals surface area contributed by atoms with Crippen molar-refractivity contribution < 1.29 is 5.11 Å². The van der Waals surface area contributed by atoms with Crippen LogP contribution in [0.5, 0.6) is 0 Å². The zero-order valence-electron chi connectivity index (χ0n) is 7.93. The van der Waals surface area contributed by atoms with E-state index in [1.807, 2.05) is 12.1 Å². The highest BCUT2D eigenvalue weighted by Crippen LogP contribution is 2.00. The summed E-state index contributed by atoms with van der Waals surface area (Å²) in [5, 5.41) is 16.9. The molecule has 0 radical (unpaired) electrons. The Morgan fingerprint density at radius 2 is 2.14 bits per heavy atom. The molecule has 0 aliphatic carbocycles. The molecule has 72 valence electrons. The Kier molecular flexibility index (Phi) is 8.02. The molecule has 0 aliphatic heterocycles. The average Bonchev–Trinajstić information content (AvgIpc) is 2.21. The van der Waals surface area contributed by atoms with Crippen LogP contribution in [0.4, 0.5) is 0 Å². The third-order valence-electron chi connectivity index (χ3n) is 1.31. The molecule has 1 N–H and O–H groups in total. The Morgan fingerprint density at radius 3 is 2.71 bits per heavy atom. The molecular weight excluding hydrogens is 174 g/mol. The molecule has 0 aromatic rings. The summed E-state index contributed by atoms with van der Waals surface area (Å²) < 4.78 is 0. The second kappa shape index (κ2) is 9.24. The van der Waals surface area contributed by atoms with Crippen LogP contribution >= 0.6 is 0 Å². The summed E-state index contributed by atoms with van der Waals surface area (Å²) in [6, 6.07) is 1.91. The molecule has 0 bridgehead atoms. The monoisotopic (exact) mass is 187 g/mol. The van der Waals surface area contributed by atoms with Gasteiger partial charge >= 0.3 is 0 Å². The number of hydrogen-bond donors (Lipinski definition) is 1. The van der Waals surface area contributed by atoms with Gasteiger partial charge in [-0.15, -0.1) is 0 Å². The molecular formula is C12H13NO. The molecule has 2 heteroatoms. The van der Waals surface area contributed by atoms with Crippen LogP contribution in [0.3, 0.4) is 0 Å². The number of hydrogen-bond acceptors (Lipinski definition) is 2. The number of nitrogens with zero attached hydrogens (tertiary/aromatic N) is 1. The Balaban J connectivity index is 4.55. The zero-order chi connectivity index (χ0) is 10.6. The van der Waals surface area contributed by atoms with Crippen LogP contribution in [-0.4, -0.2) is 11.7 Å². The minimum Gasteiger partial charge on any atom is -0.392 e. The largest absolute Gasteiger partial charge is 0.392 e. The summed E-state index contributed by atoms with van der Waals surface area (Å²) in [5.41, 5.74) is 0.871. The second-order valence-corrected chi connectivity index (χ2v) is 2.33. The summed E-state index contributed by atoms with van der Waals surface area (Å²) in [7, 11) is 0. The highest BCUT2D eigenvalue weighted by molar-refractivity contribution is 5.36. The van der Waals surface area contributed by atoms with Crippen molar-refractivity contribution in [3.05, 3.63) is 60.8 Å². The minimum absolute atomic E-state index is 0.0108. The van der Waals surface area contributed by atoms with Crippen LogP contribution in [0.15, 0.2) is 60.8 Å². The quantitative estimate of drug-likeness (QED) is 0.530. The standard InChI is InChI=1S/C12H13NO/c1-2-3-7-12(9-6-10-13)8-4-5-11-14/h2-9,14H,1,11H2. The van der Waals surface area contributed by atoms with Crippen molar-refractivity contribution in [3.63, 3.8) is 0 Å². The Bertz CT molecular complexity index is 314. The van der Waals surface area contributed by atoms with Crippen molar-refractivity contribution in [2.75, 3.05) is 6.61 Å². The highest BCUT2D eigenvalue weighted by Gasteiger charge is 1.81. The van der Waals surface area contributed by atoms with Crippen molar-refractivity contribution in [2.45, 2.75) is 0 Å². The lowest BCUT2D eigenvalue weighted by Gasteiger charge is -1.88. The Labute approximate surface area is 84.5 Å². The smallest absolute Gasteiger partial charge is 0.0912 e. The van der Waals surface area contributed by atoms with E-state index in [0.29, 0.717) is 0 Å². The van der Waals surface area contributed by atoms with E-state index in [2.05, 4.69) is 6.58 Å². The van der Waals surface area contributed by atoms with Gasteiger partial charge in [-0.05, 0) is 11.6 Å². The van der Waals surface area contributed by atoms with Crippen molar-refractivity contribution >= 4 is 0 Å². The van der Waals surface area contributed by atoms with Crippen molar-refractivity contribution in [1.82, 2.24) is 0 Å². The van der Waals surface area contributed by atoms with Gasteiger partial charge in [-0.3, -0.25) is 0 Å². The van der Waals surface area contributed by atoms with E-state index >= 15 is 0 Å². The van der Waals surface area contributed by atoms with E-state index < -0.39 is 0 Å². The lowest BCUT2D eigenvalue weighted by atomic mass is 10.2. The minimum atomic E-state index is 0.0108. The number of aliphatic hydroxyl groups excluding tert-OH is 1. The maximum Gasteiger partial charge on any atom is 0.0912 e. The Morgan fingerprint density at radius 1 is 1.36 bits per heavy atom. The maximum atomic E-state index is 8.51. The van der Waals surface area contributed by atoms with Gasteiger partial charge in [-0.1, -0.05) is 43.0 Å². The van der Waals surface area contributed by atoms with Crippen LogP contribution in [0.2, 0.25) is 0 Å². The first-order chi connectivity index (χ1) is 6.85. The lowest BCUT2D eigenvalue weighted by Crippen LogP contribution is -1.72. The fraction of sp³-hybridized carbons (Fsp3) is 0.0833. The van der Waals surface area contributed by atoms with E-state index in [-0.39, 0.29) is 6.61 Å². The van der Waals surface area contributed by atoms with Crippen molar-refractivity contribution in [3.8, 4) is 6.07 Å². The van der Waals surface area contributed by atoms with Crippen LogP contribution < -0.4 is 0 Å². The van der Waals surface area contributed by atoms with Crippen LogP contribution in [0.25, 0.3) is 0 Å². The first kappa shape index (κ1) is 12.2.